The first kappa shape index (κ1) is 14.4. The molecule has 2 aliphatic rings. The van der Waals surface area contributed by atoms with Gasteiger partial charge >= 0.3 is 0 Å². The van der Waals surface area contributed by atoms with Gasteiger partial charge < -0.3 is 15.2 Å². The lowest BCUT2D eigenvalue weighted by Gasteiger charge is -2.22. The summed E-state index contributed by atoms with van der Waals surface area (Å²) in [5.41, 5.74) is 0.604. The molecule has 3 nitrogen and oxygen atoms in total. The molecule has 0 aromatic heterocycles. The molecular formula is C16H22BrNO2. The number of halogens is 1. The monoisotopic (exact) mass is 339 g/mol. The molecule has 0 spiro atoms. The van der Waals surface area contributed by atoms with E-state index in [2.05, 4.69) is 27.3 Å². The molecular weight excluding hydrogens is 318 g/mol. The summed E-state index contributed by atoms with van der Waals surface area (Å²) in [5.74, 6) is 0.848. The summed E-state index contributed by atoms with van der Waals surface area (Å²) in [4.78, 5) is 0. The van der Waals surface area contributed by atoms with E-state index in [1.54, 1.807) is 0 Å². The van der Waals surface area contributed by atoms with Crippen LogP contribution in [0.1, 0.15) is 44.1 Å². The minimum atomic E-state index is -0.612. The maximum atomic E-state index is 10.3. The van der Waals surface area contributed by atoms with Crippen molar-refractivity contribution in [1.29, 1.82) is 0 Å². The molecule has 110 valence electrons. The van der Waals surface area contributed by atoms with Gasteiger partial charge in [-0.1, -0.05) is 28.8 Å². The minimum absolute atomic E-state index is 0.407. The summed E-state index contributed by atoms with van der Waals surface area (Å²) in [6.45, 7) is 1.27. The molecule has 1 aromatic carbocycles. The van der Waals surface area contributed by atoms with Crippen LogP contribution in [0.3, 0.4) is 0 Å². The van der Waals surface area contributed by atoms with E-state index in [1.165, 1.54) is 18.4 Å². The van der Waals surface area contributed by atoms with Gasteiger partial charge in [-0.2, -0.15) is 0 Å². The van der Waals surface area contributed by atoms with E-state index in [-0.39, 0.29) is 0 Å². The second-order valence-electron chi connectivity index (χ2n) is 6.13. The first-order valence-electron chi connectivity index (χ1n) is 7.52. The second-order valence-corrected chi connectivity index (χ2v) is 6.98. The van der Waals surface area contributed by atoms with Crippen molar-refractivity contribution >= 4 is 15.9 Å². The summed E-state index contributed by atoms with van der Waals surface area (Å²) in [5, 5.41) is 13.8. The van der Waals surface area contributed by atoms with Crippen LogP contribution in [0.15, 0.2) is 22.7 Å². The van der Waals surface area contributed by atoms with Crippen molar-refractivity contribution < 1.29 is 9.84 Å². The summed E-state index contributed by atoms with van der Waals surface area (Å²) >= 11 is 3.58. The molecule has 1 aromatic rings. The summed E-state index contributed by atoms with van der Waals surface area (Å²) < 4.78 is 6.92. The lowest BCUT2D eigenvalue weighted by atomic mass is 10.0. The Labute approximate surface area is 128 Å². The van der Waals surface area contributed by atoms with Gasteiger partial charge in [0.1, 0.15) is 12.4 Å². The average molecular weight is 340 g/mol. The van der Waals surface area contributed by atoms with Crippen LogP contribution in [0, 0.1) is 0 Å². The van der Waals surface area contributed by atoms with E-state index in [9.17, 15) is 5.11 Å². The molecule has 4 heteroatoms. The molecule has 2 saturated carbocycles. The molecule has 0 aliphatic heterocycles. The molecule has 2 aliphatic carbocycles. The molecule has 0 radical (unpaired) electrons. The molecule has 2 fully saturated rings. The summed E-state index contributed by atoms with van der Waals surface area (Å²) in [6.07, 6.45) is 6.52. The van der Waals surface area contributed by atoms with E-state index in [4.69, 9.17) is 4.74 Å². The second kappa shape index (κ2) is 6.04. The van der Waals surface area contributed by atoms with Crippen LogP contribution in [-0.2, 0) is 6.54 Å². The van der Waals surface area contributed by atoms with Crippen LogP contribution < -0.4 is 10.1 Å². The summed E-state index contributed by atoms with van der Waals surface area (Å²) in [7, 11) is 0. The third-order valence-corrected chi connectivity index (χ3v) is 4.99. The van der Waals surface area contributed by atoms with Crippen LogP contribution in [0.25, 0.3) is 0 Å². The highest BCUT2D eigenvalue weighted by atomic mass is 79.9. The Morgan fingerprint density at radius 1 is 1.30 bits per heavy atom. The standard InChI is InChI=1S/C16H22BrNO2/c17-15-6-5-14(9-12(15)10-18-13-3-4-13)20-11-16(19)7-1-2-8-16/h5-6,9,13,18-19H,1-4,7-8,10-11H2. The Bertz CT molecular complexity index is 468. The molecule has 0 unspecified atom stereocenters. The first-order chi connectivity index (χ1) is 9.65. The quantitative estimate of drug-likeness (QED) is 0.834. The van der Waals surface area contributed by atoms with Crippen molar-refractivity contribution in [2.45, 2.75) is 56.7 Å². The third kappa shape index (κ3) is 3.74. The zero-order valence-electron chi connectivity index (χ0n) is 11.7. The summed E-state index contributed by atoms with van der Waals surface area (Å²) in [6, 6.07) is 6.75. The maximum absolute atomic E-state index is 10.3. The average Bonchev–Trinajstić information content (AvgIpc) is 3.17. The minimum Gasteiger partial charge on any atom is -0.491 e. The van der Waals surface area contributed by atoms with E-state index < -0.39 is 5.60 Å². The van der Waals surface area contributed by atoms with Crippen molar-refractivity contribution in [2.75, 3.05) is 6.61 Å². The Balaban J connectivity index is 1.59. The van der Waals surface area contributed by atoms with Crippen molar-refractivity contribution in [1.82, 2.24) is 5.32 Å². The predicted molar refractivity (Wildman–Crippen MR) is 82.9 cm³/mol. The highest BCUT2D eigenvalue weighted by Gasteiger charge is 2.31. The van der Waals surface area contributed by atoms with Crippen LogP contribution in [0.5, 0.6) is 5.75 Å². The normalized spacial score (nSPS) is 21.1. The highest BCUT2D eigenvalue weighted by Crippen LogP contribution is 2.31. The highest BCUT2D eigenvalue weighted by molar-refractivity contribution is 9.10. The van der Waals surface area contributed by atoms with E-state index in [1.807, 2.05) is 12.1 Å². The maximum Gasteiger partial charge on any atom is 0.119 e. The van der Waals surface area contributed by atoms with Gasteiger partial charge in [0, 0.05) is 17.1 Å². The van der Waals surface area contributed by atoms with E-state index in [0.29, 0.717) is 12.6 Å². The molecule has 0 atom stereocenters. The van der Waals surface area contributed by atoms with Crippen LogP contribution in [0.2, 0.25) is 0 Å². The van der Waals surface area contributed by atoms with Crippen molar-refractivity contribution in [3.8, 4) is 5.75 Å². The topological polar surface area (TPSA) is 41.5 Å². The van der Waals surface area contributed by atoms with Crippen molar-refractivity contribution in [3.05, 3.63) is 28.2 Å². The molecule has 3 rings (SSSR count). The number of hydrogen-bond acceptors (Lipinski definition) is 3. The number of hydrogen-bond donors (Lipinski definition) is 2. The smallest absolute Gasteiger partial charge is 0.119 e. The molecule has 2 N–H and O–H groups in total. The van der Waals surface area contributed by atoms with Gasteiger partial charge in [0.25, 0.3) is 0 Å². The largest absolute Gasteiger partial charge is 0.491 e. The number of aliphatic hydroxyl groups is 1. The zero-order valence-corrected chi connectivity index (χ0v) is 13.3. The fourth-order valence-corrected chi connectivity index (χ4v) is 3.10. The van der Waals surface area contributed by atoms with Crippen molar-refractivity contribution in [2.24, 2.45) is 0 Å². The lowest BCUT2D eigenvalue weighted by Crippen LogP contribution is -2.32. The van der Waals surface area contributed by atoms with Crippen LogP contribution in [0.4, 0.5) is 0 Å². The van der Waals surface area contributed by atoms with Gasteiger partial charge in [0.05, 0.1) is 5.60 Å². The predicted octanol–water partition coefficient (Wildman–Crippen LogP) is 3.39. The zero-order chi connectivity index (χ0) is 14.0. The van der Waals surface area contributed by atoms with Gasteiger partial charge in [0.2, 0.25) is 0 Å². The molecule has 0 amide bonds. The van der Waals surface area contributed by atoms with Gasteiger partial charge in [-0.3, -0.25) is 0 Å². The van der Waals surface area contributed by atoms with Gasteiger partial charge in [-0.15, -0.1) is 0 Å². The van der Waals surface area contributed by atoms with Gasteiger partial charge in [-0.25, -0.2) is 0 Å². The number of benzene rings is 1. The fourth-order valence-electron chi connectivity index (χ4n) is 2.71. The number of ether oxygens (including phenoxy) is 1. The Kier molecular flexibility index (Phi) is 4.34. The van der Waals surface area contributed by atoms with Crippen LogP contribution >= 0.6 is 15.9 Å². The van der Waals surface area contributed by atoms with E-state index >= 15 is 0 Å². The first-order valence-corrected chi connectivity index (χ1v) is 8.31. The number of rotatable bonds is 6. The Morgan fingerprint density at radius 3 is 2.75 bits per heavy atom. The van der Waals surface area contributed by atoms with Gasteiger partial charge in [-0.05, 0) is 49.4 Å². The van der Waals surface area contributed by atoms with E-state index in [0.717, 1.165) is 42.5 Å². The van der Waals surface area contributed by atoms with Crippen LogP contribution in [-0.4, -0.2) is 23.4 Å². The van der Waals surface area contributed by atoms with Gasteiger partial charge in [0.15, 0.2) is 0 Å². The third-order valence-electron chi connectivity index (χ3n) is 4.22. The molecule has 0 saturated heterocycles. The molecule has 0 heterocycles. The lowest BCUT2D eigenvalue weighted by molar-refractivity contribution is 0.00138. The fraction of sp³-hybridized carbons (Fsp3) is 0.625. The molecule has 0 bridgehead atoms. The SMILES string of the molecule is OC1(COc2ccc(Br)c(CNC3CC3)c2)CCCC1. The number of nitrogens with one attached hydrogen (secondary N) is 1. The molecule has 20 heavy (non-hydrogen) atoms. The Hall–Kier alpha value is -0.580. The van der Waals surface area contributed by atoms with Crippen molar-refractivity contribution in [3.63, 3.8) is 0 Å². The Morgan fingerprint density at radius 2 is 2.05 bits per heavy atom.